The lowest BCUT2D eigenvalue weighted by Gasteiger charge is -2.14. The Morgan fingerprint density at radius 2 is 2.37 bits per heavy atom. The molecule has 1 saturated heterocycles. The second-order valence-electron chi connectivity index (χ2n) is 4.34. The van der Waals surface area contributed by atoms with E-state index in [-0.39, 0.29) is 24.0 Å². The third kappa shape index (κ3) is 6.35. The molecule has 108 valence electrons. The van der Waals surface area contributed by atoms with Crippen LogP contribution in [0.4, 0.5) is 0 Å². The third-order valence-electron chi connectivity index (χ3n) is 2.99. The fraction of sp³-hybridized carbons (Fsp3) is 0.615. The molecule has 1 aromatic rings. The molecule has 0 radical (unpaired) electrons. The van der Waals surface area contributed by atoms with Gasteiger partial charge in [-0.25, -0.2) is 0 Å². The molecule has 3 nitrogen and oxygen atoms in total. The summed E-state index contributed by atoms with van der Waals surface area (Å²) >= 11 is 3.89. The first-order valence-electron chi connectivity index (χ1n) is 6.47. The van der Waals surface area contributed by atoms with Gasteiger partial charge < -0.3 is 10.6 Å². The maximum absolute atomic E-state index is 4.26. The molecule has 19 heavy (non-hydrogen) atoms. The van der Waals surface area contributed by atoms with Crippen molar-refractivity contribution in [1.29, 1.82) is 0 Å². The van der Waals surface area contributed by atoms with Crippen LogP contribution in [-0.2, 0) is 6.42 Å². The number of aliphatic imine (C=N–C) groups is 1. The van der Waals surface area contributed by atoms with E-state index in [4.69, 9.17) is 0 Å². The molecular formula is C13H22IN3S2. The Bertz CT molecular complexity index is 362. The molecule has 1 atom stereocenters. The summed E-state index contributed by atoms with van der Waals surface area (Å²) in [4.78, 5) is 5.68. The van der Waals surface area contributed by atoms with Crippen LogP contribution in [0.2, 0.25) is 0 Å². The molecular weight excluding hydrogens is 389 g/mol. The van der Waals surface area contributed by atoms with Crippen molar-refractivity contribution in [1.82, 2.24) is 10.6 Å². The second kappa shape index (κ2) is 9.88. The van der Waals surface area contributed by atoms with E-state index < -0.39 is 0 Å². The maximum atomic E-state index is 4.26. The highest BCUT2D eigenvalue weighted by Gasteiger charge is 2.15. The molecule has 1 aliphatic rings. The average molecular weight is 411 g/mol. The van der Waals surface area contributed by atoms with Crippen LogP contribution < -0.4 is 10.6 Å². The van der Waals surface area contributed by atoms with E-state index in [1.54, 1.807) is 0 Å². The standard InChI is InChI=1S/C13H21N3S2.HI/c1-14-13(16-10-12-5-3-9-18-12)15-7-6-11-4-2-8-17-11;/h2,4,8,12H,3,5-7,9-10H2,1H3,(H2,14,15,16);1H. The predicted octanol–water partition coefficient (Wildman–Crippen LogP) is 2.97. The SMILES string of the molecule is CN=C(NCCc1cccs1)NCC1CCCS1.I. The van der Waals surface area contributed by atoms with Crippen molar-refractivity contribution in [3.8, 4) is 0 Å². The van der Waals surface area contributed by atoms with E-state index in [0.29, 0.717) is 0 Å². The van der Waals surface area contributed by atoms with Gasteiger partial charge in [0.2, 0.25) is 0 Å². The number of hydrogen-bond donors (Lipinski definition) is 2. The molecule has 0 aliphatic carbocycles. The van der Waals surface area contributed by atoms with Gasteiger partial charge in [0.25, 0.3) is 0 Å². The number of thiophene rings is 1. The molecule has 0 aromatic carbocycles. The highest BCUT2D eigenvalue weighted by molar-refractivity contribution is 14.0. The Kier molecular flexibility index (Phi) is 8.89. The number of rotatable bonds is 5. The number of guanidine groups is 1. The minimum atomic E-state index is 0. The van der Waals surface area contributed by atoms with Crippen LogP contribution in [0.3, 0.4) is 0 Å². The largest absolute Gasteiger partial charge is 0.356 e. The summed E-state index contributed by atoms with van der Waals surface area (Å²) in [6.45, 7) is 1.97. The average Bonchev–Trinajstić information content (AvgIpc) is 3.06. The molecule has 1 unspecified atom stereocenters. The molecule has 0 spiro atoms. The molecule has 2 N–H and O–H groups in total. The van der Waals surface area contributed by atoms with Gasteiger partial charge in [0, 0.05) is 30.3 Å². The van der Waals surface area contributed by atoms with Gasteiger partial charge in [-0.05, 0) is 36.5 Å². The van der Waals surface area contributed by atoms with Crippen molar-refractivity contribution in [3.05, 3.63) is 22.4 Å². The zero-order valence-electron chi connectivity index (χ0n) is 11.2. The number of halogens is 1. The Balaban J connectivity index is 0.00000180. The maximum Gasteiger partial charge on any atom is 0.191 e. The number of hydrogen-bond acceptors (Lipinski definition) is 3. The first kappa shape index (κ1) is 17.1. The predicted molar refractivity (Wildman–Crippen MR) is 98.3 cm³/mol. The van der Waals surface area contributed by atoms with Crippen molar-refractivity contribution in [2.24, 2.45) is 4.99 Å². The Labute approximate surface area is 141 Å². The lowest BCUT2D eigenvalue weighted by atomic mass is 10.2. The molecule has 1 fully saturated rings. The van der Waals surface area contributed by atoms with Gasteiger partial charge in [0.15, 0.2) is 5.96 Å². The Morgan fingerprint density at radius 3 is 3.00 bits per heavy atom. The normalized spacial score (nSPS) is 19.0. The van der Waals surface area contributed by atoms with Crippen molar-refractivity contribution in [2.45, 2.75) is 24.5 Å². The van der Waals surface area contributed by atoms with Crippen molar-refractivity contribution < 1.29 is 0 Å². The molecule has 2 rings (SSSR count). The lowest BCUT2D eigenvalue weighted by Crippen LogP contribution is -2.40. The molecule has 0 bridgehead atoms. The monoisotopic (exact) mass is 411 g/mol. The second-order valence-corrected chi connectivity index (χ2v) is 6.78. The summed E-state index contributed by atoms with van der Waals surface area (Å²) in [5.74, 6) is 2.25. The summed E-state index contributed by atoms with van der Waals surface area (Å²) in [6.07, 6.45) is 3.77. The topological polar surface area (TPSA) is 36.4 Å². The summed E-state index contributed by atoms with van der Waals surface area (Å²) in [5, 5.41) is 9.67. The van der Waals surface area contributed by atoms with Gasteiger partial charge in [-0.2, -0.15) is 11.8 Å². The molecule has 1 aromatic heterocycles. The van der Waals surface area contributed by atoms with Crippen LogP contribution in [0, 0.1) is 0 Å². The summed E-state index contributed by atoms with van der Waals surface area (Å²) in [5.41, 5.74) is 0. The van der Waals surface area contributed by atoms with Gasteiger partial charge in [0.05, 0.1) is 0 Å². The van der Waals surface area contributed by atoms with E-state index in [2.05, 4.69) is 44.9 Å². The van der Waals surface area contributed by atoms with E-state index >= 15 is 0 Å². The molecule has 6 heteroatoms. The zero-order valence-corrected chi connectivity index (χ0v) is 15.2. The fourth-order valence-electron chi connectivity index (χ4n) is 2.00. The zero-order chi connectivity index (χ0) is 12.6. The quantitative estimate of drug-likeness (QED) is 0.445. The molecule has 0 amide bonds. The highest BCUT2D eigenvalue weighted by atomic mass is 127. The number of nitrogens with zero attached hydrogens (tertiary/aromatic N) is 1. The van der Waals surface area contributed by atoms with E-state index in [0.717, 1.165) is 30.7 Å². The van der Waals surface area contributed by atoms with Gasteiger partial charge in [0.1, 0.15) is 0 Å². The van der Waals surface area contributed by atoms with Crippen LogP contribution >= 0.6 is 47.1 Å². The smallest absolute Gasteiger partial charge is 0.191 e. The summed E-state index contributed by atoms with van der Waals surface area (Å²) < 4.78 is 0. The highest BCUT2D eigenvalue weighted by Crippen LogP contribution is 2.25. The molecule has 0 saturated carbocycles. The summed E-state index contributed by atoms with van der Waals surface area (Å²) in [6, 6.07) is 4.28. The summed E-state index contributed by atoms with van der Waals surface area (Å²) in [7, 11) is 1.84. The van der Waals surface area contributed by atoms with Gasteiger partial charge >= 0.3 is 0 Å². The molecule has 1 aliphatic heterocycles. The van der Waals surface area contributed by atoms with E-state index in [9.17, 15) is 0 Å². The van der Waals surface area contributed by atoms with E-state index in [1.807, 2.05) is 18.4 Å². The number of thioether (sulfide) groups is 1. The number of nitrogens with one attached hydrogen (secondary N) is 2. The van der Waals surface area contributed by atoms with Gasteiger partial charge in [-0.3, -0.25) is 4.99 Å². The van der Waals surface area contributed by atoms with Crippen LogP contribution in [0.25, 0.3) is 0 Å². The molecule has 2 heterocycles. The minimum absolute atomic E-state index is 0. The van der Waals surface area contributed by atoms with Crippen LogP contribution in [-0.4, -0.2) is 37.1 Å². The van der Waals surface area contributed by atoms with Gasteiger partial charge in [-0.15, -0.1) is 35.3 Å². The van der Waals surface area contributed by atoms with Crippen molar-refractivity contribution >= 4 is 53.0 Å². The van der Waals surface area contributed by atoms with Gasteiger partial charge in [-0.1, -0.05) is 6.07 Å². The van der Waals surface area contributed by atoms with Crippen molar-refractivity contribution in [3.63, 3.8) is 0 Å². The lowest BCUT2D eigenvalue weighted by molar-refractivity contribution is 0.725. The van der Waals surface area contributed by atoms with Crippen LogP contribution in [0.1, 0.15) is 17.7 Å². The van der Waals surface area contributed by atoms with Crippen LogP contribution in [0.5, 0.6) is 0 Å². The Morgan fingerprint density at radius 1 is 1.47 bits per heavy atom. The van der Waals surface area contributed by atoms with E-state index in [1.165, 1.54) is 23.5 Å². The van der Waals surface area contributed by atoms with Crippen LogP contribution in [0.15, 0.2) is 22.5 Å². The third-order valence-corrected chi connectivity index (χ3v) is 5.32. The Hall–Kier alpha value is 0.0500. The minimum Gasteiger partial charge on any atom is -0.356 e. The van der Waals surface area contributed by atoms with Crippen molar-refractivity contribution in [2.75, 3.05) is 25.9 Å². The fourth-order valence-corrected chi connectivity index (χ4v) is 3.91. The first-order chi connectivity index (χ1) is 8.88. The first-order valence-corrected chi connectivity index (χ1v) is 8.40.